The second kappa shape index (κ2) is 12.3. The van der Waals surface area contributed by atoms with Crippen LogP contribution in [0, 0.1) is 0 Å². The predicted molar refractivity (Wildman–Crippen MR) is 147 cm³/mol. The van der Waals surface area contributed by atoms with Crippen LogP contribution in [-0.4, -0.2) is 24.3 Å². The van der Waals surface area contributed by atoms with Gasteiger partial charge in [0.25, 0.3) is 5.91 Å². The zero-order valence-electron chi connectivity index (χ0n) is 21.5. The lowest BCUT2D eigenvalue weighted by Crippen LogP contribution is -2.30. The van der Waals surface area contributed by atoms with Crippen LogP contribution in [0.1, 0.15) is 39.5 Å². The van der Waals surface area contributed by atoms with Crippen molar-refractivity contribution in [3.63, 3.8) is 0 Å². The lowest BCUT2D eigenvalue weighted by atomic mass is 10.1. The van der Waals surface area contributed by atoms with Gasteiger partial charge in [-0.1, -0.05) is 72.8 Å². The fraction of sp³-hybridized carbons (Fsp3) is 0.133. The number of hydrogen-bond donors (Lipinski definition) is 1. The third-order valence-corrected chi connectivity index (χ3v) is 7.90. The van der Waals surface area contributed by atoms with Gasteiger partial charge >= 0.3 is 6.18 Å². The average molecular weight is 566 g/mol. The van der Waals surface area contributed by atoms with Gasteiger partial charge in [-0.2, -0.15) is 22.6 Å². The van der Waals surface area contributed by atoms with E-state index in [4.69, 9.17) is 0 Å². The molecule has 0 bridgehead atoms. The number of alkyl halides is 3. The van der Waals surface area contributed by atoms with Gasteiger partial charge in [-0.15, -0.1) is 0 Å². The second-order valence-corrected chi connectivity index (χ2v) is 10.9. The van der Waals surface area contributed by atoms with Crippen molar-refractivity contribution in [2.24, 2.45) is 5.10 Å². The highest BCUT2D eigenvalue weighted by Crippen LogP contribution is 2.29. The number of hydrogen-bond acceptors (Lipinski definition) is 4. The summed E-state index contributed by atoms with van der Waals surface area (Å²) in [5, 5.41) is 3.94. The highest BCUT2D eigenvalue weighted by atomic mass is 32.2. The van der Waals surface area contributed by atoms with Crippen molar-refractivity contribution in [3.8, 4) is 0 Å². The molecule has 0 unspecified atom stereocenters. The van der Waals surface area contributed by atoms with E-state index in [-0.39, 0.29) is 34.8 Å². The number of hydrazone groups is 1. The van der Waals surface area contributed by atoms with Crippen LogP contribution in [0.4, 0.5) is 13.2 Å². The number of benzene rings is 4. The number of carbonyl (C=O) groups excluding carboxylic acids is 1. The molecule has 206 valence electrons. The zero-order chi connectivity index (χ0) is 28.8. The summed E-state index contributed by atoms with van der Waals surface area (Å²) in [6.45, 7) is 1.72. The average Bonchev–Trinajstić information content (AvgIpc) is 2.96. The van der Waals surface area contributed by atoms with E-state index in [1.807, 2.05) is 30.3 Å². The van der Waals surface area contributed by atoms with E-state index in [2.05, 4.69) is 10.5 Å². The minimum Gasteiger partial charge on any atom is -0.267 e. The molecule has 0 fully saturated rings. The summed E-state index contributed by atoms with van der Waals surface area (Å²) in [6, 6.07) is 28.4. The first kappa shape index (κ1) is 28.7. The molecule has 4 rings (SSSR count). The number of sulfonamides is 1. The Morgan fingerprint density at radius 2 is 1.35 bits per heavy atom. The highest BCUT2D eigenvalue weighted by Gasteiger charge is 2.30. The van der Waals surface area contributed by atoms with E-state index in [9.17, 15) is 26.4 Å². The topological polar surface area (TPSA) is 78.8 Å². The van der Waals surface area contributed by atoms with Crippen molar-refractivity contribution in [1.29, 1.82) is 0 Å². The van der Waals surface area contributed by atoms with Crippen LogP contribution in [0.25, 0.3) is 0 Å². The Bertz CT molecular complexity index is 1590. The molecule has 10 heteroatoms. The van der Waals surface area contributed by atoms with Crippen LogP contribution >= 0.6 is 0 Å². The minimum absolute atomic E-state index is 0.0703. The maximum atomic E-state index is 13.4. The van der Waals surface area contributed by atoms with Crippen molar-refractivity contribution in [2.45, 2.75) is 31.1 Å². The maximum absolute atomic E-state index is 13.4. The molecule has 0 saturated carbocycles. The van der Waals surface area contributed by atoms with Gasteiger partial charge in [0.2, 0.25) is 10.0 Å². The van der Waals surface area contributed by atoms with Crippen LogP contribution in [0.3, 0.4) is 0 Å². The Balaban J connectivity index is 1.49. The minimum atomic E-state index is -4.49. The van der Waals surface area contributed by atoms with Gasteiger partial charge in [-0.05, 0) is 60.0 Å². The summed E-state index contributed by atoms with van der Waals surface area (Å²) in [5.41, 5.74) is 3.72. The maximum Gasteiger partial charge on any atom is 0.416 e. The monoisotopic (exact) mass is 565 g/mol. The number of nitrogens with one attached hydrogen (secondary N) is 1. The normalized spacial score (nSPS) is 12.4. The largest absolute Gasteiger partial charge is 0.416 e. The molecular weight excluding hydrogens is 539 g/mol. The zero-order valence-corrected chi connectivity index (χ0v) is 22.3. The lowest BCUT2D eigenvalue weighted by Gasteiger charge is -2.22. The summed E-state index contributed by atoms with van der Waals surface area (Å²) in [7, 11) is -3.81. The summed E-state index contributed by atoms with van der Waals surface area (Å²) in [5.74, 6) is -0.559. The van der Waals surface area contributed by atoms with Crippen LogP contribution in [0.2, 0.25) is 0 Å². The number of rotatable bonds is 9. The van der Waals surface area contributed by atoms with Crippen molar-refractivity contribution in [2.75, 3.05) is 0 Å². The van der Waals surface area contributed by atoms with Gasteiger partial charge in [-0.3, -0.25) is 4.79 Å². The molecule has 0 saturated heterocycles. The highest BCUT2D eigenvalue weighted by molar-refractivity contribution is 7.89. The summed E-state index contributed by atoms with van der Waals surface area (Å²) >= 11 is 0. The fourth-order valence-corrected chi connectivity index (χ4v) is 5.34. The summed E-state index contributed by atoms with van der Waals surface area (Å²) in [4.78, 5) is 12.8. The molecule has 0 atom stereocenters. The lowest BCUT2D eigenvalue weighted by molar-refractivity contribution is -0.137. The van der Waals surface area contributed by atoms with Crippen molar-refractivity contribution >= 4 is 21.6 Å². The molecule has 1 amide bonds. The third-order valence-electron chi connectivity index (χ3n) is 6.09. The Hall–Kier alpha value is -4.28. The third kappa shape index (κ3) is 7.22. The van der Waals surface area contributed by atoms with Crippen molar-refractivity contribution in [1.82, 2.24) is 9.73 Å². The van der Waals surface area contributed by atoms with Crippen molar-refractivity contribution in [3.05, 3.63) is 137 Å². The van der Waals surface area contributed by atoms with Gasteiger partial charge in [0, 0.05) is 18.7 Å². The van der Waals surface area contributed by atoms with Crippen molar-refractivity contribution < 1.29 is 26.4 Å². The molecule has 4 aromatic carbocycles. The van der Waals surface area contributed by atoms with Gasteiger partial charge in [0.1, 0.15) is 0 Å². The van der Waals surface area contributed by atoms with Crippen LogP contribution < -0.4 is 5.43 Å². The summed E-state index contributed by atoms with van der Waals surface area (Å²) in [6.07, 6.45) is -4.49. The van der Waals surface area contributed by atoms with Gasteiger partial charge in [0.15, 0.2) is 0 Å². The summed E-state index contributed by atoms with van der Waals surface area (Å²) < 4.78 is 67.2. The molecule has 0 aromatic heterocycles. The molecule has 4 aromatic rings. The number of carbonyl (C=O) groups is 1. The standard InChI is InChI=1S/C30H26F3N3O3S/c1-22(26-11-8-12-27(19-26)30(31,32)33)34-35-29(37)25-17-15-24(16-18-25)21-36(20-23-9-4-2-5-10-23)40(38,39)28-13-6-3-7-14-28/h2-19H,20-21H2,1H3,(H,35,37)/b34-22-. The number of amides is 1. The van der Waals surface area contributed by atoms with E-state index in [1.54, 1.807) is 42.5 Å². The van der Waals surface area contributed by atoms with Crippen LogP contribution in [0.15, 0.2) is 119 Å². The van der Waals surface area contributed by atoms with Gasteiger partial charge in [0.05, 0.1) is 16.2 Å². The SMILES string of the molecule is C/C(=N/NC(=O)c1ccc(CN(Cc2ccccc2)S(=O)(=O)c2ccccc2)cc1)c1cccc(C(F)(F)F)c1. The van der Waals surface area contributed by atoms with Crippen LogP contribution in [0.5, 0.6) is 0 Å². The van der Waals surface area contributed by atoms with Crippen LogP contribution in [-0.2, 0) is 29.3 Å². The first-order valence-electron chi connectivity index (χ1n) is 12.2. The van der Waals surface area contributed by atoms with E-state index in [0.29, 0.717) is 5.56 Å². The molecule has 1 N–H and O–H groups in total. The van der Waals surface area contributed by atoms with E-state index in [0.717, 1.165) is 17.7 Å². The first-order valence-corrected chi connectivity index (χ1v) is 13.7. The van der Waals surface area contributed by atoms with Gasteiger partial charge < -0.3 is 0 Å². The fourth-order valence-electron chi connectivity index (χ4n) is 3.90. The second-order valence-electron chi connectivity index (χ2n) is 8.99. The Kier molecular flexibility index (Phi) is 8.81. The molecule has 0 aliphatic heterocycles. The Labute approximate surface area is 230 Å². The Morgan fingerprint density at radius 1 is 0.775 bits per heavy atom. The van der Waals surface area contributed by atoms with E-state index >= 15 is 0 Å². The molecule has 0 aliphatic carbocycles. The first-order chi connectivity index (χ1) is 19.0. The quantitative estimate of drug-likeness (QED) is 0.193. The molecule has 0 radical (unpaired) electrons. The number of halogens is 3. The van der Waals surface area contributed by atoms with E-state index in [1.165, 1.54) is 35.5 Å². The smallest absolute Gasteiger partial charge is 0.267 e. The molecule has 0 spiro atoms. The molecule has 6 nitrogen and oxygen atoms in total. The molecule has 0 aliphatic rings. The predicted octanol–water partition coefficient (Wildman–Crippen LogP) is 6.25. The number of nitrogens with zero attached hydrogens (tertiary/aromatic N) is 2. The molecule has 0 heterocycles. The Morgan fingerprint density at radius 3 is 1.95 bits per heavy atom. The molecular formula is C30H26F3N3O3S. The van der Waals surface area contributed by atoms with Gasteiger partial charge in [-0.25, -0.2) is 13.8 Å². The molecule has 40 heavy (non-hydrogen) atoms. The van der Waals surface area contributed by atoms with E-state index < -0.39 is 27.7 Å².